The molecule has 0 saturated heterocycles. The Balaban J connectivity index is 2.19. The van der Waals surface area contributed by atoms with Crippen molar-refractivity contribution >= 4 is 23.5 Å². The molecule has 0 aliphatic heterocycles. The van der Waals surface area contributed by atoms with Gasteiger partial charge in [0.2, 0.25) is 0 Å². The molecular formula is C15H20N6O4. The van der Waals surface area contributed by atoms with Crippen LogP contribution in [0, 0.1) is 0 Å². The third kappa shape index (κ3) is 4.66. The second-order valence-corrected chi connectivity index (χ2v) is 5.62. The fourth-order valence-corrected chi connectivity index (χ4v) is 2.07. The Kier molecular flexibility index (Phi) is 5.52. The van der Waals surface area contributed by atoms with Crippen LogP contribution in [0.3, 0.4) is 0 Å². The Morgan fingerprint density at radius 1 is 1.20 bits per heavy atom. The van der Waals surface area contributed by atoms with E-state index < -0.39 is 17.8 Å². The lowest BCUT2D eigenvalue weighted by Crippen LogP contribution is -2.31. The monoisotopic (exact) mass is 348 g/mol. The number of aliphatic carboxylic acids is 1. The zero-order valence-electron chi connectivity index (χ0n) is 14.2. The largest absolute Gasteiger partial charge is 0.480 e. The number of hydrogen-bond acceptors (Lipinski definition) is 5. The van der Waals surface area contributed by atoms with Crippen molar-refractivity contribution in [2.75, 3.05) is 5.32 Å². The molecule has 2 heterocycles. The summed E-state index contributed by atoms with van der Waals surface area (Å²) in [4.78, 5) is 35.2. The molecule has 0 bridgehead atoms. The van der Waals surface area contributed by atoms with E-state index in [1.165, 1.54) is 16.9 Å². The van der Waals surface area contributed by atoms with E-state index >= 15 is 0 Å². The van der Waals surface area contributed by atoms with E-state index in [-0.39, 0.29) is 29.7 Å². The Bertz CT molecular complexity index is 792. The summed E-state index contributed by atoms with van der Waals surface area (Å²) >= 11 is 0. The van der Waals surface area contributed by atoms with E-state index in [1.807, 2.05) is 20.8 Å². The molecule has 0 radical (unpaired) electrons. The zero-order valence-corrected chi connectivity index (χ0v) is 14.2. The highest BCUT2D eigenvalue weighted by Crippen LogP contribution is 2.15. The van der Waals surface area contributed by atoms with Crippen molar-refractivity contribution in [3.63, 3.8) is 0 Å². The Hall–Kier alpha value is -3.17. The Labute approximate surface area is 143 Å². The molecule has 0 aromatic carbocycles. The second-order valence-electron chi connectivity index (χ2n) is 5.62. The Morgan fingerprint density at radius 2 is 1.92 bits per heavy atom. The highest BCUT2D eigenvalue weighted by molar-refractivity contribution is 6.07. The number of carboxylic acid groups (broad SMARTS) is 1. The number of carbonyl (C=O) groups is 3. The number of hydrogen-bond donors (Lipinski definition) is 3. The summed E-state index contributed by atoms with van der Waals surface area (Å²) in [5, 5.41) is 22.1. The fourth-order valence-electron chi connectivity index (χ4n) is 2.07. The van der Waals surface area contributed by atoms with Gasteiger partial charge < -0.3 is 15.7 Å². The van der Waals surface area contributed by atoms with E-state index in [4.69, 9.17) is 5.11 Å². The molecule has 2 rings (SSSR count). The van der Waals surface area contributed by atoms with Crippen molar-refractivity contribution in [1.29, 1.82) is 0 Å². The van der Waals surface area contributed by atoms with Crippen LogP contribution >= 0.6 is 0 Å². The minimum Gasteiger partial charge on any atom is -0.480 e. The first-order valence-electron chi connectivity index (χ1n) is 7.75. The summed E-state index contributed by atoms with van der Waals surface area (Å²) in [7, 11) is 0. The quantitative estimate of drug-likeness (QED) is 0.670. The number of amides is 2. The molecule has 0 aliphatic rings. The maximum Gasteiger partial charge on any atom is 0.325 e. The minimum absolute atomic E-state index is 0.0423. The molecule has 2 aromatic rings. The SMILES string of the molecule is CCn1cc(NC(=O)c2ccn(CC(=O)O)n2)c(C(=O)NC(C)C)n1. The number of aryl methyl sites for hydroxylation is 1. The van der Waals surface area contributed by atoms with Gasteiger partial charge in [0.1, 0.15) is 6.54 Å². The maximum absolute atomic E-state index is 12.3. The summed E-state index contributed by atoms with van der Waals surface area (Å²) < 4.78 is 2.67. The molecule has 134 valence electrons. The average Bonchev–Trinajstić information content (AvgIpc) is 3.12. The van der Waals surface area contributed by atoms with Crippen LogP contribution in [0.4, 0.5) is 5.69 Å². The van der Waals surface area contributed by atoms with Crippen LogP contribution in [0.5, 0.6) is 0 Å². The number of nitrogens with zero attached hydrogens (tertiary/aromatic N) is 4. The molecule has 0 spiro atoms. The van der Waals surface area contributed by atoms with E-state index in [2.05, 4.69) is 20.8 Å². The standard InChI is InChI=1S/C15H20N6O4/c1-4-20-7-11(13(19-20)15(25)16-9(2)3)17-14(24)10-5-6-21(18-10)8-12(22)23/h5-7,9H,4,8H2,1-3H3,(H,16,25)(H,17,24)(H,22,23). The second kappa shape index (κ2) is 7.60. The molecule has 0 atom stereocenters. The van der Waals surface area contributed by atoms with Crippen LogP contribution < -0.4 is 10.6 Å². The van der Waals surface area contributed by atoms with Gasteiger partial charge in [0.15, 0.2) is 11.4 Å². The van der Waals surface area contributed by atoms with Gasteiger partial charge in [0.25, 0.3) is 11.8 Å². The third-order valence-corrected chi connectivity index (χ3v) is 3.14. The number of anilines is 1. The zero-order chi connectivity index (χ0) is 18.6. The molecule has 3 N–H and O–H groups in total. The molecular weight excluding hydrogens is 328 g/mol. The first-order valence-corrected chi connectivity index (χ1v) is 7.75. The van der Waals surface area contributed by atoms with Gasteiger partial charge in [-0.1, -0.05) is 0 Å². The number of carbonyl (C=O) groups excluding carboxylic acids is 2. The van der Waals surface area contributed by atoms with Crippen LogP contribution in [0.2, 0.25) is 0 Å². The molecule has 0 unspecified atom stereocenters. The molecule has 25 heavy (non-hydrogen) atoms. The minimum atomic E-state index is -1.06. The number of rotatable bonds is 7. The van der Waals surface area contributed by atoms with Gasteiger partial charge in [-0.15, -0.1) is 0 Å². The molecule has 2 aromatic heterocycles. The normalized spacial score (nSPS) is 10.7. The topological polar surface area (TPSA) is 131 Å². The van der Waals surface area contributed by atoms with Crippen LogP contribution in [-0.2, 0) is 17.9 Å². The van der Waals surface area contributed by atoms with Crippen molar-refractivity contribution < 1.29 is 19.5 Å². The lowest BCUT2D eigenvalue weighted by molar-refractivity contribution is -0.137. The average molecular weight is 348 g/mol. The fraction of sp³-hybridized carbons (Fsp3) is 0.400. The summed E-state index contributed by atoms with van der Waals surface area (Å²) in [6.07, 6.45) is 2.95. The van der Waals surface area contributed by atoms with Crippen molar-refractivity contribution in [3.8, 4) is 0 Å². The number of carboxylic acids is 1. The summed E-state index contributed by atoms with van der Waals surface area (Å²) in [6, 6.07) is 1.32. The Morgan fingerprint density at radius 3 is 2.52 bits per heavy atom. The predicted molar refractivity (Wildman–Crippen MR) is 88.3 cm³/mol. The third-order valence-electron chi connectivity index (χ3n) is 3.14. The number of nitrogens with one attached hydrogen (secondary N) is 2. The van der Waals surface area contributed by atoms with Gasteiger partial charge in [0.05, 0.1) is 5.69 Å². The van der Waals surface area contributed by atoms with Gasteiger partial charge >= 0.3 is 5.97 Å². The van der Waals surface area contributed by atoms with Gasteiger partial charge in [-0.3, -0.25) is 23.7 Å². The van der Waals surface area contributed by atoms with Gasteiger partial charge in [-0.25, -0.2) is 0 Å². The summed E-state index contributed by atoms with van der Waals surface area (Å²) in [6.45, 7) is 5.69. The van der Waals surface area contributed by atoms with E-state index in [0.29, 0.717) is 6.54 Å². The summed E-state index contributed by atoms with van der Waals surface area (Å²) in [5.41, 5.74) is 0.410. The van der Waals surface area contributed by atoms with Gasteiger partial charge in [0, 0.05) is 25.0 Å². The smallest absolute Gasteiger partial charge is 0.325 e. The summed E-state index contributed by atoms with van der Waals surface area (Å²) in [5.74, 6) is -2.01. The number of aromatic nitrogens is 4. The molecule has 10 heteroatoms. The van der Waals surface area contributed by atoms with Gasteiger partial charge in [-0.2, -0.15) is 10.2 Å². The predicted octanol–water partition coefficient (Wildman–Crippen LogP) is 0.575. The first kappa shape index (κ1) is 18.2. The van der Waals surface area contributed by atoms with E-state index in [0.717, 1.165) is 4.68 Å². The molecule has 2 amide bonds. The lowest BCUT2D eigenvalue weighted by Gasteiger charge is -2.08. The lowest BCUT2D eigenvalue weighted by atomic mass is 10.3. The van der Waals surface area contributed by atoms with Gasteiger partial charge in [-0.05, 0) is 26.8 Å². The molecule has 10 nitrogen and oxygen atoms in total. The van der Waals surface area contributed by atoms with Crippen molar-refractivity contribution in [2.45, 2.75) is 39.9 Å². The van der Waals surface area contributed by atoms with Crippen LogP contribution in [0.15, 0.2) is 18.5 Å². The van der Waals surface area contributed by atoms with Crippen LogP contribution in [-0.4, -0.2) is 48.5 Å². The van der Waals surface area contributed by atoms with Crippen molar-refractivity contribution in [3.05, 3.63) is 29.8 Å². The van der Waals surface area contributed by atoms with Crippen molar-refractivity contribution in [2.24, 2.45) is 0 Å². The maximum atomic E-state index is 12.3. The molecule has 0 saturated carbocycles. The van der Waals surface area contributed by atoms with E-state index in [9.17, 15) is 14.4 Å². The highest BCUT2D eigenvalue weighted by atomic mass is 16.4. The van der Waals surface area contributed by atoms with Crippen LogP contribution in [0.25, 0.3) is 0 Å². The molecule has 0 fully saturated rings. The first-order chi connectivity index (χ1) is 11.8. The van der Waals surface area contributed by atoms with E-state index in [1.54, 1.807) is 6.20 Å². The highest BCUT2D eigenvalue weighted by Gasteiger charge is 2.20. The van der Waals surface area contributed by atoms with Crippen LogP contribution in [0.1, 0.15) is 41.7 Å². The molecule has 0 aliphatic carbocycles. The van der Waals surface area contributed by atoms with Crippen molar-refractivity contribution in [1.82, 2.24) is 24.9 Å².